The van der Waals surface area contributed by atoms with Gasteiger partial charge in [-0.1, -0.05) is 31.2 Å². The molecule has 134 valence electrons. The van der Waals surface area contributed by atoms with Gasteiger partial charge in [-0.2, -0.15) is 0 Å². The fourth-order valence-corrected chi connectivity index (χ4v) is 3.94. The molecule has 1 saturated heterocycles. The molecule has 3 aromatic rings. The van der Waals surface area contributed by atoms with Gasteiger partial charge in [0.25, 0.3) is 0 Å². The number of hydrogen-bond acceptors (Lipinski definition) is 2. The van der Waals surface area contributed by atoms with Gasteiger partial charge in [-0.25, -0.2) is 4.98 Å². The van der Waals surface area contributed by atoms with Crippen LogP contribution in [0.15, 0.2) is 48.5 Å². The predicted molar refractivity (Wildman–Crippen MR) is 106 cm³/mol. The summed E-state index contributed by atoms with van der Waals surface area (Å²) < 4.78 is 2.29. The van der Waals surface area contributed by atoms with E-state index in [1.165, 1.54) is 5.56 Å². The number of carbonyl (C=O) groups is 1. The zero-order valence-corrected chi connectivity index (χ0v) is 15.6. The van der Waals surface area contributed by atoms with Crippen molar-refractivity contribution in [1.82, 2.24) is 9.55 Å². The Hall–Kier alpha value is -2.62. The Morgan fingerprint density at radius 3 is 2.54 bits per heavy atom. The van der Waals surface area contributed by atoms with Crippen LogP contribution in [-0.4, -0.2) is 22.0 Å². The fraction of sp³-hybridized carbons (Fsp3) is 0.364. The molecular weight excluding hydrogens is 322 g/mol. The van der Waals surface area contributed by atoms with Crippen LogP contribution in [0.2, 0.25) is 0 Å². The van der Waals surface area contributed by atoms with E-state index in [-0.39, 0.29) is 11.8 Å². The molecule has 1 fully saturated rings. The minimum Gasteiger partial charge on any atom is -0.325 e. The molecule has 4 nitrogen and oxygen atoms in total. The monoisotopic (exact) mass is 347 g/mol. The van der Waals surface area contributed by atoms with Gasteiger partial charge in [0.05, 0.1) is 11.0 Å². The van der Waals surface area contributed by atoms with Gasteiger partial charge in [0.2, 0.25) is 5.91 Å². The summed E-state index contributed by atoms with van der Waals surface area (Å²) in [7, 11) is 0. The normalized spacial score (nSPS) is 17.6. The Kier molecular flexibility index (Phi) is 4.27. The maximum atomic E-state index is 12.7. The highest BCUT2D eigenvalue weighted by Crippen LogP contribution is 2.34. The summed E-state index contributed by atoms with van der Waals surface area (Å²) in [6.45, 7) is 7.19. The third-order valence-electron chi connectivity index (χ3n) is 5.29. The lowest BCUT2D eigenvalue weighted by Crippen LogP contribution is -2.24. The van der Waals surface area contributed by atoms with E-state index in [4.69, 9.17) is 4.98 Å². The molecule has 1 amide bonds. The third kappa shape index (κ3) is 2.79. The molecule has 1 aliphatic rings. The van der Waals surface area contributed by atoms with E-state index in [9.17, 15) is 4.79 Å². The third-order valence-corrected chi connectivity index (χ3v) is 5.29. The number of fused-ring (bicyclic) bond motifs is 1. The van der Waals surface area contributed by atoms with Gasteiger partial charge >= 0.3 is 0 Å². The SMILES string of the molecule is CCc1ccc(N2C[C@H](c3nc4ccccc4n3C(C)C)CC2=O)cc1. The van der Waals surface area contributed by atoms with E-state index >= 15 is 0 Å². The number of carbonyl (C=O) groups excluding carboxylic acids is 1. The van der Waals surface area contributed by atoms with Crippen LogP contribution in [0.25, 0.3) is 11.0 Å². The summed E-state index contributed by atoms with van der Waals surface area (Å²) in [4.78, 5) is 19.5. The van der Waals surface area contributed by atoms with Crippen molar-refractivity contribution < 1.29 is 4.79 Å². The lowest BCUT2D eigenvalue weighted by Gasteiger charge is -2.19. The van der Waals surface area contributed by atoms with Crippen LogP contribution in [0.1, 0.15) is 50.5 Å². The molecule has 0 N–H and O–H groups in total. The van der Waals surface area contributed by atoms with Gasteiger partial charge < -0.3 is 9.47 Å². The molecule has 1 aromatic heterocycles. The molecule has 26 heavy (non-hydrogen) atoms. The van der Waals surface area contributed by atoms with Crippen molar-refractivity contribution in [2.24, 2.45) is 0 Å². The van der Waals surface area contributed by atoms with Gasteiger partial charge in [0.1, 0.15) is 5.82 Å². The minimum atomic E-state index is 0.128. The number of imidazole rings is 1. The number of nitrogens with zero attached hydrogens (tertiary/aromatic N) is 3. The molecule has 1 atom stereocenters. The summed E-state index contributed by atoms with van der Waals surface area (Å²) in [6, 6.07) is 16.9. The van der Waals surface area contributed by atoms with Gasteiger partial charge in [-0.15, -0.1) is 0 Å². The lowest BCUT2D eigenvalue weighted by molar-refractivity contribution is -0.117. The Morgan fingerprint density at radius 2 is 1.85 bits per heavy atom. The number of aromatic nitrogens is 2. The minimum absolute atomic E-state index is 0.128. The second kappa shape index (κ2) is 6.60. The maximum absolute atomic E-state index is 12.7. The van der Waals surface area contributed by atoms with E-state index in [0.29, 0.717) is 19.0 Å². The number of rotatable bonds is 4. The first-order valence-corrected chi connectivity index (χ1v) is 9.44. The zero-order chi connectivity index (χ0) is 18.3. The summed E-state index contributed by atoms with van der Waals surface area (Å²) in [5.74, 6) is 1.34. The van der Waals surface area contributed by atoms with Gasteiger partial charge in [-0.3, -0.25) is 4.79 Å². The first-order chi connectivity index (χ1) is 12.6. The zero-order valence-electron chi connectivity index (χ0n) is 15.6. The lowest BCUT2D eigenvalue weighted by atomic mass is 10.1. The predicted octanol–water partition coefficient (Wildman–Crippen LogP) is 4.70. The van der Waals surface area contributed by atoms with Crippen molar-refractivity contribution in [1.29, 1.82) is 0 Å². The van der Waals surface area contributed by atoms with Crippen molar-refractivity contribution in [2.45, 2.75) is 45.6 Å². The molecule has 0 bridgehead atoms. The molecule has 4 rings (SSSR count). The average Bonchev–Trinajstić information content (AvgIpc) is 3.22. The van der Waals surface area contributed by atoms with E-state index in [1.54, 1.807) is 0 Å². The van der Waals surface area contributed by atoms with Crippen LogP contribution >= 0.6 is 0 Å². The highest BCUT2D eigenvalue weighted by molar-refractivity contribution is 5.96. The van der Waals surface area contributed by atoms with E-state index in [1.807, 2.05) is 17.0 Å². The Morgan fingerprint density at radius 1 is 1.12 bits per heavy atom. The first kappa shape index (κ1) is 16.8. The van der Waals surface area contributed by atoms with E-state index in [2.05, 4.69) is 61.7 Å². The molecule has 4 heteroatoms. The molecule has 1 aliphatic heterocycles. The molecule has 0 spiro atoms. The highest BCUT2D eigenvalue weighted by atomic mass is 16.2. The van der Waals surface area contributed by atoms with Crippen LogP contribution in [0, 0.1) is 0 Å². The second-order valence-corrected chi connectivity index (χ2v) is 7.35. The van der Waals surface area contributed by atoms with Gasteiger partial charge in [-0.05, 0) is 50.1 Å². The summed E-state index contributed by atoms with van der Waals surface area (Å²) in [5, 5.41) is 0. The van der Waals surface area contributed by atoms with Crippen molar-refractivity contribution in [2.75, 3.05) is 11.4 Å². The molecule has 0 aliphatic carbocycles. The summed E-state index contributed by atoms with van der Waals surface area (Å²) >= 11 is 0. The summed E-state index contributed by atoms with van der Waals surface area (Å²) in [5.41, 5.74) is 4.44. The maximum Gasteiger partial charge on any atom is 0.227 e. The molecular formula is C22H25N3O. The topological polar surface area (TPSA) is 38.1 Å². The van der Waals surface area contributed by atoms with Gasteiger partial charge in [0, 0.05) is 30.6 Å². The molecule has 0 unspecified atom stereocenters. The smallest absolute Gasteiger partial charge is 0.227 e. The largest absolute Gasteiger partial charge is 0.325 e. The molecule has 2 heterocycles. The van der Waals surface area contributed by atoms with Crippen molar-refractivity contribution in [3.8, 4) is 0 Å². The van der Waals surface area contributed by atoms with Gasteiger partial charge in [0.15, 0.2) is 0 Å². The summed E-state index contributed by atoms with van der Waals surface area (Å²) in [6.07, 6.45) is 1.53. The average molecular weight is 347 g/mol. The number of amides is 1. The number of hydrogen-bond donors (Lipinski definition) is 0. The van der Waals surface area contributed by atoms with Crippen molar-refractivity contribution in [3.05, 3.63) is 59.9 Å². The van der Waals surface area contributed by atoms with Crippen molar-refractivity contribution >= 4 is 22.6 Å². The Balaban J connectivity index is 1.68. The number of benzene rings is 2. The first-order valence-electron chi connectivity index (χ1n) is 9.44. The highest BCUT2D eigenvalue weighted by Gasteiger charge is 2.35. The standard InChI is InChI=1S/C22H25N3O/c1-4-16-9-11-18(12-10-16)24-14-17(13-21(24)26)22-23-19-7-5-6-8-20(19)25(22)15(2)3/h5-12,15,17H,4,13-14H2,1-3H3/t17-/m1/s1. The van der Waals surface area contributed by atoms with E-state index < -0.39 is 0 Å². The Labute approximate surface area is 154 Å². The number of anilines is 1. The quantitative estimate of drug-likeness (QED) is 0.686. The molecule has 2 aromatic carbocycles. The van der Waals surface area contributed by atoms with E-state index in [0.717, 1.165) is 29.0 Å². The number of para-hydroxylation sites is 2. The van der Waals surface area contributed by atoms with Crippen LogP contribution in [-0.2, 0) is 11.2 Å². The van der Waals surface area contributed by atoms with Crippen LogP contribution in [0.5, 0.6) is 0 Å². The Bertz CT molecular complexity index is 940. The number of aryl methyl sites for hydroxylation is 1. The molecule has 0 radical (unpaired) electrons. The molecule has 0 saturated carbocycles. The van der Waals surface area contributed by atoms with Crippen LogP contribution in [0.3, 0.4) is 0 Å². The van der Waals surface area contributed by atoms with Crippen LogP contribution in [0.4, 0.5) is 5.69 Å². The van der Waals surface area contributed by atoms with Crippen LogP contribution < -0.4 is 4.90 Å². The fourth-order valence-electron chi connectivity index (χ4n) is 3.94. The van der Waals surface area contributed by atoms with Crippen molar-refractivity contribution in [3.63, 3.8) is 0 Å². The second-order valence-electron chi connectivity index (χ2n) is 7.35.